The molecule has 0 bridgehead atoms. The van der Waals surface area contributed by atoms with Crippen LogP contribution in [0.5, 0.6) is 0 Å². The van der Waals surface area contributed by atoms with E-state index in [9.17, 15) is 9.18 Å². The number of amides is 1. The third kappa shape index (κ3) is 3.32. The van der Waals surface area contributed by atoms with Gasteiger partial charge >= 0.3 is 0 Å². The SMILES string of the molecule is Cc1ccc(C)c(NC(=O)c2cnn(-c3cccc(F)c3)c2-n2cccc2)c1. The van der Waals surface area contributed by atoms with Crippen molar-refractivity contribution in [1.29, 1.82) is 0 Å². The number of nitrogens with zero attached hydrogens (tertiary/aromatic N) is 3. The highest BCUT2D eigenvalue weighted by Gasteiger charge is 2.20. The van der Waals surface area contributed by atoms with Gasteiger partial charge in [0.15, 0.2) is 5.82 Å². The van der Waals surface area contributed by atoms with E-state index >= 15 is 0 Å². The van der Waals surface area contributed by atoms with Crippen LogP contribution in [0.15, 0.2) is 73.2 Å². The van der Waals surface area contributed by atoms with Crippen molar-refractivity contribution in [2.45, 2.75) is 13.8 Å². The Morgan fingerprint density at radius 3 is 2.57 bits per heavy atom. The quantitative estimate of drug-likeness (QED) is 0.564. The molecule has 1 amide bonds. The van der Waals surface area contributed by atoms with Gasteiger partial charge in [0, 0.05) is 18.1 Å². The molecule has 0 saturated heterocycles. The Kier molecular flexibility index (Phi) is 4.53. The lowest BCUT2D eigenvalue weighted by molar-refractivity contribution is 0.102. The number of hydrogen-bond acceptors (Lipinski definition) is 2. The van der Waals surface area contributed by atoms with Crippen molar-refractivity contribution < 1.29 is 9.18 Å². The number of aryl methyl sites for hydroxylation is 2. The summed E-state index contributed by atoms with van der Waals surface area (Å²) in [5.74, 6) is -0.105. The highest BCUT2D eigenvalue weighted by molar-refractivity contribution is 6.06. The van der Waals surface area contributed by atoms with Gasteiger partial charge in [-0.15, -0.1) is 0 Å². The largest absolute Gasteiger partial charge is 0.322 e. The van der Waals surface area contributed by atoms with E-state index in [4.69, 9.17) is 0 Å². The molecule has 1 N–H and O–H groups in total. The number of hydrogen-bond donors (Lipinski definition) is 1. The van der Waals surface area contributed by atoms with Crippen LogP contribution in [0.1, 0.15) is 21.5 Å². The molecule has 28 heavy (non-hydrogen) atoms. The lowest BCUT2D eigenvalue weighted by Crippen LogP contribution is -2.16. The normalized spacial score (nSPS) is 10.8. The molecule has 0 atom stereocenters. The summed E-state index contributed by atoms with van der Waals surface area (Å²) in [4.78, 5) is 13.1. The molecular weight excluding hydrogens is 355 g/mol. The fourth-order valence-corrected chi connectivity index (χ4v) is 3.08. The predicted octanol–water partition coefficient (Wildman–Crippen LogP) is 4.67. The molecule has 4 aromatic rings. The Morgan fingerprint density at radius 2 is 1.82 bits per heavy atom. The van der Waals surface area contributed by atoms with Gasteiger partial charge in [0.2, 0.25) is 0 Å². The van der Waals surface area contributed by atoms with Crippen LogP contribution in [-0.4, -0.2) is 20.3 Å². The molecule has 2 aromatic heterocycles. The van der Waals surface area contributed by atoms with E-state index in [0.717, 1.165) is 16.8 Å². The molecule has 0 fully saturated rings. The summed E-state index contributed by atoms with van der Waals surface area (Å²) >= 11 is 0. The minimum Gasteiger partial charge on any atom is -0.322 e. The third-order valence-electron chi connectivity index (χ3n) is 4.53. The zero-order valence-corrected chi connectivity index (χ0v) is 15.6. The summed E-state index contributed by atoms with van der Waals surface area (Å²) in [6, 6.07) is 15.7. The first kappa shape index (κ1) is 17.7. The van der Waals surface area contributed by atoms with Crippen LogP contribution in [0.3, 0.4) is 0 Å². The fourth-order valence-electron chi connectivity index (χ4n) is 3.08. The van der Waals surface area contributed by atoms with Gasteiger partial charge in [-0.2, -0.15) is 5.10 Å². The first-order valence-electron chi connectivity index (χ1n) is 8.89. The molecule has 0 aliphatic rings. The highest BCUT2D eigenvalue weighted by atomic mass is 19.1. The monoisotopic (exact) mass is 374 g/mol. The van der Waals surface area contributed by atoms with E-state index in [1.165, 1.54) is 18.3 Å². The van der Waals surface area contributed by atoms with E-state index in [0.29, 0.717) is 17.1 Å². The van der Waals surface area contributed by atoms with Crippen molar-refractivity contribution in [1.82, 2.24) is 14.3 Å². The van der Waals surface area contributed by atoms with E-state index < -0.39 is 0 Å². The van der Waals surface area contributed by atoms with Crippen molar-refractivity contribution in [3.05, 3.63) is 95.7 Å². The second kappa shape index (κ2) is 7.15. The van der Waals surface area contributed by atoms with Gasteiger partial charge in [-0.3, -0.25) is 4.79 Å². The lowest BCUT2D eigenvalue weighted by atomic mass is 10.1. The van der Waals surface area contributed by atoms with Gasteiger partial charge in [-0.05, 0) is 61.4 Å². The van der Waals surface area contributed by atoms with E-state index in [-0.39, 0.29) is 11.7 Å². The van der Waals surface area contributed by atoms with Crippen LogP contribution in [-0.2, 0) is 0 Å². The summed E-state index contributed by atoms with van der Waals surface area (Å²) in [5.41, 5.74) is 3.71. The molecule has 0 aliphatic carbocycles. The second-order valence-electron chi connectivity index (χ2n) is 6.64. The van der Waals surface area contributed by atoms with Crippen LogP contribution >= 0.6 is 0 Å². The Bertz CT molecular complexity index is 1150. The molecule has 140 valence electrons. The number of benzene rings is 2. The molecule has 2 heterocycles. The number of anilines is 1. The van der Waals surface area contributed by atoms with Gasteiger partial charge in [0.1, 0.15) is 11.4 Å². The number of rotatable bonds is 4. The third-order valence-corrected chi connectivity index (χ3v) is 4.53. The molecule has 0 saturated carbocycles. The first-order chi connectivity index (χ1) is 13.5. The first-order valence-corrected chi connectivity index (χ1v) is 8.89. The van der Waals surface area contributed by atoms with Crippen LogP contribution in [0, 0.1) is 19.7 Å². The van der Waals surface area contributed by atoms with Gasteiger partial charge in [0.25, 0.3) is 5.91 Å². The van der Waals surface area contributed by atoms with Crippen LogP contribution in [0.25, 0.3) is 11.5 Å². The minimum atomic E-state index is -0.368. The zero-order chi connectivity index (χ0) is 19.7. The van der Waals surface area contributed by atoms with Gasteiger partial charge < -0.3 is 9.88 Å². The standard InChI is InChI=1S/C22H19FN4O/c1-15-8-9-16(2)20(12-15)25-21(28)19-14-24-27(18-7-5-6-17(23)13-18)22(19)26-10-3-4-11-26/h3-14H,1-2H3,(H,25,28). The van der Waals surface area contributed by atoms with Crippen molar-refractivity contribution in [2.24, 2.45) is 0 Å². The number of nitrogens with one attached hydrogen (secondary N) is 1. The second-order valence-corrected chi connectivity index (χ2v) is 6.64. The van der Waals surface area contributed by atoms with Crippen molar-refractivity contribution in [3.63, 3.8) is 0 Å². The molecule has 4 rings (SSSR count). The number of aromatic nitrogens is 3. The summed E-state index contributed by atoms with van der Waals surface area (Å²) in [6.45, 7) is 3.92. The number of carbonyl (C=O) groups is 1. The Labute approximate surface area is 162 Å². The minimum absolute atomic E-state index is 0.278. The van der Waals surface area contributed by atoms with Crippen molar-refractivity contribution in [2.75, 3.05) is 5.32 Å². The number of carbonyl (C=O) groups excluding carboxylic acids is 1. The topological polar surface area (TPSA) is 51.9 Å². The van der Waals surface area contributed by atoms with E-state index in [1.54, 1.807) is 21.4 Å². The maximum atomic E-state index is 13.7. The molecule has 6 heteroatoms. The Balaban J connectivity index is 1.79. The highest BCUT2D eigenvalue weighted by Crippen LogP contribution is 2.23. The molecule has 0 spiro atoms. The summed E-state index contributed by atoms with van der Waals surface area (Å²) in [6.07, 6.45) is 5.14. The van der Waals surface area contributed by atoms with Crippen molar-refractivity contribution >= 4 is 11.6 Å². The van der Waals surface area contributed by atoms with Crippen molar-refractivity contribution in [3.8, 4) is 11.5 Å². The maximum absolute atomic E-state index is 13.7. The fraction of sp³-hybridized carbons (Fsp3) is 0.0909. The van der Waals surface area contributed by atoms with Crippen LogP contribution < -0.4 is 5.32 Å². The Hall–Kier alpha value is -3.67. The summed E-state index contributed by atoms with van der Waals surface area (Å²) in [7, 11) is 0. The summed E-state index contributed by atoms with van der Waals surface area (Å²) in [5, 5.41) is 7.32. The van der Waals surface area contributed by atoms with E-state index in [2.05, 4.69) is 10.4 Å². The van der Waals surface area contributed by atoms with E-state index in [1.807, 2.05) is 56.6 Å². The van der Waals surface area contributed by atoms with Crippen LogP contribution in [0.2, 0.25) is 0 Å². The average Bonchev–Trinajstić information content (AvgIpc) is 3.33. The molecular formula is C22H19FN4O. The Morgan fingerprint density at radius 1 is 1.04 bits per heavy atom. The molecule has 0 unspecified atom stereocenters. The molecule has 0 radical (unpaired) electrons. The lowest BCUT2D eigenvalue weighted by Gasteiger charge is -2.12. The summed E-state index contributed by atoms with van der Waals surface area (Å²) < 4.78 is 17.1. The average molecular weight is 374 g/mol. The molecule has 2 aromatic carbocycles. The van der Waals surface area contributed by atoms with Crippen LogP contribution in [0.4, 0.5) is 10.1 Å². The zero-order valence-electron chi connectivity index (χ0n) is 15.6. The van der Waals surface area contributed by atoms with Gasteiger partial charge in [-0.25, -0.2) is 9.07 Å². The molecule has 5 nitrogen and oxygen atoms in total. The number of halogens is 1. The van der Waals surface area contributed by atoms with Gasteiger partial charge in [0.05, 0.1) is 11.9 Å². The van der Waals surface area contributed by atoms with Gasteiger partial charge in [-0.1, -0.05) is 18.2 Å². The maximum Gasteiger partial charge on any atom is 0.261 e. The predicted molar refractivity (Wildman–Crippen MR) is 107 cm³/mol. The smallest absolute Gasteiger partial charge is 0.261 e. The molecule has 0 aliphatic heterocycles.